The molecule has 1 amide bonds. The van der Waals surface area contributed by atoms with Gasteiger partial charge in [0.2, 0.25) is 5.91 Å². The zero-order valence-corrected chi connectivity index (χ0v) is 22.2. The van der Waals surface area contributed by atoms with Crippen molar-refractivity contribution in [3.63, 3.8) is 0 Å². The first-order valence-corrected chi connectivity index (χ1v) is 13.6. The molecule has 2 aromatic rings. The molecule has 0 aromatic heterocycles. The van der Waals surface area contributed by atoms with Gasteiger partial charge < -0.3 is 25.0 Å². The van der Waals surface area contributed by atoms with E-state index in [1.165, 1.54) is 12.1 Å². The fraction of sp³-hybridized carbons (Fsp3) is 0.500. The summed E-state index contributed by atoms with van der Waals surface area (Å²) in [7, 11) is 1.66. The second kappa shape index (κ2) is 9.22. The fourth-order valence-corrected chi connectivity index (χ4v) is 7.91. The van der Waals surface area contributed by atoms with E-state index in [1.54, 1.807) is 24.1 Å². The van der Waals surface area contributed by atoms with Crippen molar-refractivity contribution in [1.29, 1.82) is 0 Å². The van der Waals surface area contributed by atoms with E-state index in [4.69, 9.17) is 4.74 Å². The largest absolute Gasteiger partial charge is 0.504 e. The molecule has 10 heteroatoms. The Kier molecular flexibility index (Phi) is 6.25. The number of hydrogen-bond acceptors (Lipinski definition) is 6. The predicted octanol–water partition coefficient (Wildman–Crippen LogP) is 3.18. The number of alkyl halides is 3. The van der Waals surface area contributed by atoms with Gasteiger partial charge in [0, 0.05) is 38.2 Å². The number of aryl methyl sites for hydroxylation is 1. The van der Waals surface area contributed by atoms with E-state index in [0.717, 1.165) is 17.7 Å². The summed E-state index contributed by atoms with van der Waals surface area (Å²) in [6.07, 6.45) is -2.89. The molecule has 2 aliphatic carbocycles. The van der Waals surface area contributed by atoms with Gasteiger partial charge in [0.1, 0.15) is 6.10 Å². The number of piperidine rings is 1. The topological polar surface area (TPSA) is 93.5 Å². The lowest BCUT2D eigenvalue weighted by atomic mass is 9.47. The van der Waals surface area contributed by atoms with Gasteiger partial charge in [0.15, 0.2) is 11.5 Å². The van der Waals surface area contributed by atoms with Crippen LogP contribution >= 0.6 is 0 Å². The molecule has 2 bridgehead atoms. The molecule has 2 fully saturated rings. The van der Waals surface area contributed by atoms with E-state index >= 15 is 0 Å². The van der Waals surface area contributed by atoms with Gasteiger partial charge in [-0.2, -0.15) is 13.2 Å². The zero-order chi connectivity index (χ0) is 28.6. The highest BCUT2D eigenvalue weighted by molar-refractivity contribution is 5.77. The minimum absolute atomic E-state index is 0.0703. The number of aliphatic hydroxyl groups excluding tert-OH is 1. The maximum absolute atomic E-state index is 13.4. The molecule has 1 spiro atoms. The van der Waals surface area contributed by atoms with Crippen molar-refractivity contribution < 1.29 is 38.0 Å². The number of aromatic hydroxyl groups is 1. The lowest BCUT2D eigenvalue weighted by Crippen LogP contribution is -2.82. The third-order valence-electron chi connectivity index (χ3n) is 9.72. The number of nitrogens with zero attached hydrogens (tertiary/aromatic N) is 2. The van der Waals surface area contributed by atoms with Crippen LogP contribution in [0.4, 0.5) is 13.2 Å². The highest BCUT2D eigenvalue weighted by Gasteiger charge is 2.76. The highest BCUT2D eigenvalue weighted by Crippen LogP contribution is 2.65. The third-order valence-corrected chi connectivity index (χ3v) is 9.72. The molecular formula is C30H33F3N2O5. The molecule has 1 saturated heterocycles. The van der Waals surface area contributed by atoms with Gasteiger partial charge in [-0.15, -0.1) is 6.58 Å². The Morgan fingerprint density at radius 3 is 2.65 bits per heavy atom. The molecule has 1 saturated carbocycles. The molecule has 2 aliphatic heterocycles. The average Bonchev–Trinajstić information content (AvgIpc) is 3.29. The lowest BCUT2D eigenvalue weighted by molar-refractivity contribution is -0.234. The van der Waals surface area contributed by atoms with E-state index in [0.29, 0.717) is 36.9 Å². The molecule has 214 valence electrons. The number of carbonyl (C=O) groups is 1. The number of ether oxygens (including phenoxy) is 1. The maximum atomic E-state index is 13.4. The number of likely N-dealkylation sites (tertiary alicyclic amines) is 1. The first-order chi connectivity index (χ1) is 18.9. The number of aliphatic hydroxyl groups is 2. The molecule has 7 nitrogen and oxygen atoms in total. The Hall–Kier alpha value is -3.08. The second-order valence-corrected chi connectivity index (χ2v) is 11.6. The number of hydrogen-bond donors (Lipinski definition) is 3. The molecule has 6 rings (SSSR count). The van der Waals surface area contributed by atoms with Crippen LogP contribution in [0, 0.1) is 0 Å². The summed E-state index contributed by atoms with van der Waals surface area (Å²) in [4.78, 5) is 17.0. The van der Waals surface area contributed by atoms with Crippen molar-refractivity contribution in [2.75, 3.05) is 20.1 Å². The molecule has 0 radical (unpaired) electrons. The maximum Gasteiger partial charge on any atom is 0.416 e. The number of benzene rings is 2. The van der Waals surface area contributed by atoms with Crippen LogP contribution in [0.5, 0.6) is 11.5 Å². The van der Waals surface area contributed by atoms with Crippen molar-refractivity contribution in [3.05, 3.63) is 71.3 Å². The summed E-state index contributed by atoms with van der Waals surface area (Å²) < 4.78 is 45.1. The number of carbonyl (C=O) groups excluding carboxylic acids is 1. The molecule has 3 unspecified atom stereocenters. The number of likely N-dealkylation sites (N-methyl/N-ethyl adjacent to an activating group) is 1. The number of phenols is 1. The van der Waals surface area contributed by atoms with Crippen molar-refractivity contribution in [2.45, 2.75) is 73.6 Å². The van der Waals surface area contributed by atoms with Gasteiger partial charge in [0.25, 0.3) is 0 Å². The standard InChI is InChI=1S/C30H33F3N2O5/c1-3-14-35-16-23(37)29-25-18-7-10-21(36)26(25)40-27(29)20(12-13-28(29,39)22(35)15-18)34(2)24(38)11-6-17-4-8-19(9-5-17)30(31,32)33/h3-5,7-10,20,22-23,27,36-37,39H,1,6,11-16H2,2H3/t20?,22-,23?,27?,28-,29+/m1/s1. The Morgan fingerprint density at radius 2 is 1.98 bits per heavy atom. The van der Waals surface area contributed by atoms with Crippen LogP contribution in [0.25, 0.3) is 0 Å². The summed E-state index contributed by atoms with van der Waals surface area (Å²) in [5.74, 6) is -0.0335. The Morgan fingerprint density at radius 1 is 1.25 bits per heavy atom. The van der Waals surface area contributed by atoms with E-state index in [1.807, 2.05) is 11.0 Å². The Bertz CT molecular complexity index is 1350. The number of rotatable bonds is 6. The van der Waals surface area contributed by atoms with Crippen molar-refractivity contribution in [2.24, 2.45) is 0 Å². The average molecular weight is 559 g/mol. The van der Waals surface area contributed by atoms with Crippen LogP contribution in [0.1, 0.15) is 41.5 Å². The van der Waals surface area contributed by atoms with Crippen LogP contribution in [0.3, 0.4) is 0 Å². The van der Waals surface area contributed by atoms with Gasteiger partial charge in [-0.05, 0) is 55.0 Å². The summed E-state index contributed by atoms with van der Waals surface area (Å²) in [5, 5.41) is 35.0. The van der Waals surface area contributed by atoms with Crippen LogP contribution in [-0.2, 0) is 29.2 Å². The zero-order valence-electron chi connectivity index (χ0n) is 22.2. The third kappa shape index (κ3) is 3.65. The first kappa shape index (κ1) is 27.1. The minimum atomic E-state index is -4.42. The van der Waals surface area contributed by atoms with E-state index < -0.39 is 41.0 Å². The van der Waals surface area contributed by atoms with Gasteiger partial charge >= 0.3 is 6.18 Å². The van der Waals surface area contributed by atoms with Crippen LogP contribution in [0.15, 0.2) is 49.1 Å². The summed E-state index contributed by atoms with van der Waals surface area (Å²) >= 11 is 0. The molecule has 40 heavy (non-hydrogen) atoms. The van der Waals surface area contributed by atoms with Crippen LogP contribution in [0.2, 0.25) is 0 Å². The molecule has 2 aromatic carbocycles. The highest BCUT2D eigenvalue weighted by atomic mass is 19.4. The molecule has 3 N–H and O–H groups in total. The summed E-state index contributed by atoms with van der Waals surface area (Å²) in [6, 6.07) is 7.37. The fourth-order valence-electron chi connectivity index (χ4n) is 7.91. The quantitative estimate of drug-likeness (QED) is 0.472. The predicted molar refractivity (Wildman–Crippen MR) is 140 cm³/mol. The van der Waals surface area contributed by atoms with Crippen molar-refractivity contribution in [3.8, 4) is 11.5 Å². The molecule has 6 atom stereocenters. The Labute approximate surface area is 230 Å². The van der Waals surface area contributed by atoms with Crippen LogP contribution in [-0.4, -0.2) is 81.1 Å². The number of phenolic OH excluding ortho intramolecular Hbond substituents is 1. The number of β-amino-alcohol motifs (C(OH)–C–C–N with tert-alkyl or cyclic N) is 1. The smallest absolute Gasteiger partial charge is 0.416 e. The van der Waals surface area contributed by atoms with Gasteiger partial charge in [-0.25, -0.2) is 0 Å². The van der Waals surface area contributed by atoms with E-state index in [9.17, 15) is 33.3 Å². The SMILES string of the molecule is C=CCN1CC(O)[C@]23c4c5ccc(O)c4OC2C(N(C)C(=O)CCc2ccc(C(F)(F)F)cc2)CC[C@@]3(O)[C@H]1C5. The summed E-state index contributed by atoms with van der Waals surface area (Å²) in [6.45, 7) is 4.63. The van der Waals surface area contributed by atoms with E-state index in [-0.39, 0.29) is 42.8 Å². The van der Waals surface area contributed by atoms with Crippen LogP contribution < -0.4 is 4.74 Å². The molecule has 4 aliphatic rings. The monoisotopic (exact) mass is 558 g/mol. The lowest BCUT2D eigenvalue weighted by Gasteiger charge is -2.66. The normalized spacial score (nSPS) is 32.2. The molecule has 2 heterocycles. The number of amides is 1. The van der Waals surface area contributed by atoms with E-state index in [2.05, 4.69) is 6.58 Å². The Balaban J connectivity index is 1.30. The van der Waals surface area contributed by atoms with Crippen molar-refractivity contribution >= 4 is 5.91 Å². The number of halogens is 3. The summed E-state index contributed by atoms with van der Waals surface area (Å²) in [5.41, 5.74) is -1.18. The van der Waals surface area contributed by atoms with Gasteiger partial charge in [0.05, 0.1) is 28.7 Å². The minimum Gasteiger partial charge on any atom is -0.504 e. The first-order valence-electron chi connectivity index (χ1n) is 13.6. The molecular weight excluding hydrogens is 525 g/mol. The van der Waals surface area contributed by atoms with Gasteiger partial charge in [-0.1, -0.05) is 24.3 Å². The van der Waals surface area contributed by atoms with Gasteiger partial charge in [-0.3, -0.25) is 9.69 Å². The second-order valence-electron chi connectivity index (χ2n) is 11.6. The van der Waals surface area contributed by atoms with Crippen molar-refractivity contribution in [1.82, 2.24) is 9.80 Å².